The Hall–Kier alpha value is -3.94. The highest BCUT2D eigenvalue weighted by Crippen LogP contribution is 2.47. The van der Waals surface area contributed by atoms with Crippen LogP contribution in [0.25, 0.3) is 5.82 Å². The number of carbonyl (C=O) groups excluding carboxylic acids is 2. The molecule has 0 bridgehead atoms. The van der Waals surface area contributed by atoms with Crippen molar-refractivity contribution in [1.82, 2.24) is 20.1 Å². The van der Waals surface area contributed by atoms with Gasteiger partial charge in [0.05, 0.1) is 16.3 Å². The van der Waals surface area contributed by atoms with Gasteiger partial charge in [-0.15, -0.1) is 8.78 Å². The highest BCUT2D eigenvalue weighted by molar-refractivity contribution is 6.32. The Morgan fingerprint density at radius 2 is 1.86 bits per heavy atom. The Morgan fingerprint density at radius 3 is 2.49 bits per heavy atom. The lowest BCUT2D eigenvalue weighted by atomic mass is 10.0. The second-order valence-corrected chi connectivity index (χ2v) is 8.54. The van der Waals surface area contributed by atoms with Gasteiger partial charge in [-0.3, -0.25) is 9.59 Å². The molecule has 3 heterocycles. The third-order valence-electron chi connectivity index (χ3n) is 5.01. The minimum atomic E-state index is -4.93. The number of carbonyl (C=O) groups is 2. The van der Waals surface area contributed by atoms with E-state index in [1.165, 1.54) is 25.3 Å². The molecule has 0 saturated carbocycles. The van der Waals surface area contributed by atoms with Gasteiger partial charge in [0.1, 0.15) is 5.69 Å². The smallest absolute Gasteiger partial charge is 0.395 e. The Balaban J connectivity index is 1.83. The van der Waals surface area contributed by atoms with E-state index in [-0.39, 0.29) is 33.7 Å². The van der Waals surface area contributed by atoms with Crippen molar-refractivity contribution in [2.45, 2.75) is 39.3 Å². The van der Waals surface area contributed by atoms with Gasteiger partial charge >= 0.3 is 12.5 Å². The van der Waals surface area contributed by atoms with E-state index < -0.39 is 47.2 Å². The van der Waals surface area contributed by atoms with Gasteiger partial charge in [-0.2, -0.15) is 18.3 Å². The van der Waals surface area contributed by atoms with Gasteiger partial charge in [-0.25, -0.2) is 9.67 Å². The summed E-state index contributed by atoms with van der Waals surface area (Å²) in [6.07, 6.45) is -7.73. The lowest BCUT2D eigenvalue weighted by Gasteiger charge is -2.17. The monoisotopic (exact) mass is 545 g/mol. The minimum Gasteiger partial charge on any atom is -0.395 e. The summed E-state index contributed by atoms with van der Waals surface area (Å²) < 4.78 is 77.4. The highest BCUT2D eigenvalue weighted by Gasteiger charge is 2.45. The van der Waals surface area contributed by atoms with E-state index in [0.29, 0.717) is 10.7 Å². The summed E-state index contributed by atoms with van der Waals surface area (Å²) in [7, 11) is 0. The van der Waals surface area contributed by atoms with Crippen molar-refractivity contribution in [3.8, 4) is 17.3 Å². The summed E-state index contributed by atoms with van der Waals surface area (Å²) in [6, 6.07) is 3.77. The molecule has 2 amide bonds. The average molecular weight is 546 g/mol. The Kier molecular flexibility index (Phi) is 6.48. The molecule has 0 atom stereocenters. The van der Waals surface area contributed by atoms with Gasteiger partial charge in [0, 0.05) is 23.9 Å². The molecule has 0 radical (unpaired) electrons. The molecule has 0 saturated heterocycles. The standard InChI is InChI=1S/C22H17ClF5N5O4/c1-9(2)30-19(34)11-7-14-17(37-22(27,28)36-14)10(3)16(11)31-20(35)13-8-15(21(24,25)26)32-33(13)18-12(23)5-4-6-29-18/h4-9H,1-3H3,(H,30,34)(H,31,35). The van der Waals surface area contributed by atoms with Crippen LogP contribution in [0.3, 0.4) is 0 Å². The normalized spacial score (nSPS) is 14.1. The van der Waals surface area contributed by atoms with E-state index in [9.17, 15) is 31.5 Å². The number of amides is 2. The lowest BCUT2D eigenvalue weighted by molar-refractivity contribution is -0.286. The van der Waals surface area contributed by atoms with Crippen LogP contribution in [0.15, 0.2) is 30.5 Å². The summed E-state index contributed by atoms with van der Waals surface area (Å²) in [5.41, 5.74) is -2.78. The van der Waals surface area contributed by atoms with E-state index in [2.05, 4.69) is 30.2 Å². The Bertz CT molecular complexity index is 1410. The van der Waals surface area contributed by atoms with Crippen molar-refractivity contribution in [1.29, 1.82) is 0 Å². The quantitative estimate of drug-likeness (QED) is 0.439. The molecule has 1 aliphatic rings. The average Bonchev–Trinajstić information content (AvgIpc) is 3.36. The molecule has 3 aromatic rings. The molecule has 196 valence electrons. The maximum Gasteiger partial charge on any atom is 0.586 e. The predicted octanol–water partition coefficient (Wildman–Crippen LogP) is 4.96. The number of hydrogen-bond donors (Lipinski definition) is 2. The number of nitrogens with one attached hydrogen (secondary N) is 2. The number of ether oxygens (including phenoxy) is 2. The molecule has 0 aliphatic carbocycles. The number of halogens is 6. The van der Waals surface area contributed by atoms with E-state index in [1.54, 1.807) is 13.8 Å². The van der Waals surface area contributed by atoms with Crippen LogP contribution in [0, 0.1) is 6.92 Å². The van der Waals surface area contributed by atoms with E-state index in [1.807, 2.05) is 0 Å². The van der Waals surface area contributed by atoms with E-state index in [4.69, 9.17) is 11.6 Å². The van der Waals surface area contributed by atoms with Gasteiger partial charge in [0.25, 0.3) is 11.8 Å². The maximum absolute atomic E-state index is 13.7. The zero-order valence-corrected chi connectivity index (χ0v) is 20.0. The van der Waals surface area contributed by atoms with E-state index in [0.717, 1.165) is 6.07 Å². The summed E-state index contributed by atoms with van der Waals surface area (Å²) in [5, 5.41) is 8.20. The molecule has 0 fully saturated rings. The molecular weight excluding hydrogens is 529 g/mol. The molecule has 1 aliphatic heterocycles. The minimum absolute atomic E-state index is 0.105. The number of anilines is 1. The van der Waals surface area contributed by atoms with Gasteiger partial charge in [0.15, 0.2) is 23.0 Å². The number of pyridine rings is 1. The molecule has 1 aromatic carbocycles. The summed E-state index contributed by atoms with van der Waals surface area (Å²) in [5.74, 6) is -3.13. The molecule has 9 nitrogen and oxygen atoms in total. The first-order chi connectivity index (χ1) is 17.2. The molecule has 2 aromatic heterocycles. The highest BCUT2D eigenvalue weighted by atomic mass is 35.5. The van der Waals surface area contributed by atoms with Crippen LogP contribution in [0.4, 0.5) is 27.6 Å². The van der Waals surface area contributed by atoms with Crippen molar-refractivity contribution >= 4 is 29.1 Å². The van der Waals surface area contributed by atoms with Gasteiger partial charge in [-0.1, -0.05) is 11.6 Å². The second kappa shape index (κ2) is 9.18. The third-order valence-corrected chi connectivity index (χ3v) is 5.30. The van der Waals surface area contributed by atoms with Crippen LogP contribution in [-0.2, 0) is 6.18 Å². The van der Waals surface area contributed by atoms with Crippen LogP contribution in [0.2, 0.25) is 5.02 Å². The molecule has 4 rings (SSSR count). The van der Waals surface area contributed by atoms with Gasteiger partial charge in [-0.05, 0) is 39.0 Å². The van der Waals surface area contributed by atoms with Crippen LogP contribution in [-0.4, -0.2) is 38.9 Å². The van der Waals surface area contributed by atoms with Crippen molar-refractivity contribution < 1.29 is 41.0 Å². The Morgan fingerprint density at radius 1 is 1.16 bits per heavy atom. The SMILES string of the molecule is Cc1c(NC(=O)c2cc(C(F)(F)F)nn2-c2ncccc2Cl)c(C(=O)NC(C)C)cc2c1OC(F)(F)O2. The molecule has 2 N–H and O–H groups in total. The lowest BCUT2D eigenvalue weighted by Crippen LogP contribution is -2.31. The zero-order chi connectivity index (χ0) is 27.3. The summed E-state index contributed by atoms with van der Waals surface area (Å²) in [6.45, 7) is 4.54. The predicted molar refractivity (Wildman–Crippen MR) is 119 cm³/mol. The van der Waals surface area contributed by atoms with Crippen LogP contribution in [0.1, 0.15) is 46.0 Å². The molecular formula is C22H17ClF5N5O4. The molecule has 15 heteroatoms. The van der Waals surface area contributed by atoms with Crippen molar-refractivity contribution in [2.24, 2.45) is 0 Å². The van der Waals surface area contributed by atoms with Crippen molar-refractivity contribution in [3.05, 3.63) is 58.0 Å². The summed E-state index contributed by atoms with van der Waals surface area (Å²) in [4.78, 5) is 30.0. The largest absolute Gasteiger partial charge is 0.586 e. The third kappa shape index (κ3) is 5.14. The first-order valence-electron chi connectivity index (χ1n) is 10.5. The van der Waals surface area contributed by atoms with Crippen molar-refractivity contribution in [2.75, 3.05) is 5.32 Å². The number of nitrogens with zero attached hydrogens (tertiary/aromatic N) is 3. The number of rotatable bonds is 5. The number of fused-ring (bicyclic) bond motifs is 1. The van der Waals surface area contributed by atoms with E-state index >= 15 is 0 Å². The molecule has 0 unspecified atom stereocenters. The fourth-order valence-corrected chi connectivity index (χ4v) is 3.67. The van der Waals surface area contributed by atoms with Crippen LogP contribution < -0.4 is 20.1 Å². The fourth-order valence-electron chi connectivity index (χ4n) is 3.47. The van der Waals surface area contributed by atoms with Gasteiger partial charge < -0.3 is 20.1 Å². The number of hydrogen-bond acceptors (Lipinski definition) is 6. The van der Waals surface area contributed by atoms with Crippen LogP contribution in [0.5, 0.6) is 11.5 Å². The van der Waals surface area contributed by atoms with Crippen molar-refractivity contribution in [3.63, 3.8) is 0 Å². The fraction of sp³-hybridized carbons (Fsp3) is 0.273. The van der Waals surface area contributed by atoms with Gasteiger partial charge in [0.2, 0.25) is 0 Å². The zero-order valence-electron chi connectivity index (χ0n) is 19.2. The molecule has 37 heavy (non-hydrogen) atoms. The first kappa shape index (κ1) is 26.1. The topological polar surface area (TPSA) is 107 Å². The number of aromatic nitrogens is 3. The Labute approximate surface area is 210 Å². The maximum atomic E-state index is 13.7. The number of benzene rings is 1. The summed E-state index contributed by atoms with van der Waals surface area (Å²) >= 11 is 6.06. The van der Waals surface area contributed by atoms with Crippen LogP contribution >= 0.6 is 11.6 Å². The first-order valence-corrected chi connectivity index (χ1v) is 10.9. The second-order valence-electron chi connectivity index (χ2n) is 8.13. The molecule has 0 spiro atoms. The number of alkyl halides is 5.